The van der Waals surface area contributed by atoms with Gasteiger partial charge in [-0.05, 0) is 0 Å². The van der Waals surface area contributed by atoms with E-state index in [-0.39, 0.29) is 6.07 Å². The van der Waals surface area contributed by atoms with Gasteiger partial charge in [0.2, 0.25) is 5.88 Å². The lowest BCUT2D eigenvalue weighted by atomic mass is 10.2. The van der Waals surface area contributed by atoms with Crippen molar-refractivity contribution < 1.29 is 36.6 Å². The first-order chi connectivity index (χ1) is 7.74. The Morgan fingerprint density at radius 3 is 2.47 bits per heavy atom. The van der Waals surface area contributed by atoms with Crippen molar-refractivity contribution in [3.05, 3.63) is 23.1 Å². The summed E-state index contributed by atoms with van der Waals surface area (Å²) in [5, 5.41) is 8.48. The number of halogens is 5. The lowest BCUT2D eigenvalue weighted by Gasteiger charge is -2.10. The molecule has 0 spiro atoms. The molecule has 4 nitrogen and oxygen atoms in total. The number of alkyl halides is 4. The van der Waals surface area contributed by atoms with Crippen molar-refractivity contribution in [2.24, 2.45) is 0 Å². The maximum Gasteiger partial charge on any atom is 0.574 e. The summed E-state index contributed by atoms with van der Waals surface area (Å²) >= 11 is 0. The van der Waals surface area contributed by atoms with Gasteiger partial charge in [0.25, 0.3) is 0 Å². The zero-order valence-electron chi connectivity index (χ0n) is 7.89. The van der Waals surface area contributed by atoms with E-state index >= 15 is 0 Å². The molecule has 94 valence electrons. The van der Waals surface area contributed by atoms with Crippen LogP contribution in [0.3, 0.4) is 0 Å². The van der Waals surface area contributed by atoms with Gasteiger partial charge in [0.1, 0.15) is 17.9 Å². The van der Waals surface area contributed by atoms with Gasteiger partial charge < -0.3 is 9.84 Å². The smallest absolute Gasteiger partial charge is 0.478 e. The maximum absolute atomic E-state index is 13.1. The quantitative estimate of drug-likeness (QED) is 0.844. The minimum Gasteiger partial charge on any atom is -0.478 e. The summed E-state index contributed by atoms with van der Waals surface area (Å²) < 4.78 is 64.0. The average Bonchev–Trinajstić information content (AvgIpc) is 2.17. The average molecular weight is 257 g/mol. The summed E-state index contributed by atoms with van der Waals surface area (Å²) in [7, 11) is 0. The topological polar surface area (TPSA) is 59.4 Å². The van der Waals surface area contributed by atoms with Gasteiger partial charge in [0.15, 0.2) is 5.82 Å². The van der Waals surface area contributed by atoms with Gasteiger partial charge in [-0.25, -0.2) is 18.6 Å². The molecule has 0 radical (unpaired) electrons. The summed E-state index contributed by atoms with van der Waals surface area (Å²) in [5.41, 5.74) is -2.21. The summed E-state index contributed by atoms with van der Waals surface area (Å²) in [6, 6.07) is 0.227. The van der Waals surface area contributed by atoms with Gasteiger partial charge in [0, 0.05) is 6.07 Å². The number of carbonyl (C=O) groups is 1. The van der Waals surface area contributed by atoms with E-state index in [2.05, 4.69) is 9.72 Å². The van der Waals surface area contributed by atoms with Crippen LogP contribution in [0.4, 0.5) is 22.0 Å². The molecule has 0 fully saturated rings. The number of hydrogen-bond donors (Lipinski definition) is 1. The van der Waals surface area contributed by atoms with Crippen LogP contribution in [-0.2, 0) is 6.67 Å². The van der Waals surface area contributed by atoms with Crippen LogP contribution in [0.15, 0.2) is 6.07 Å². The Morgan fingerprint density at radius 1 is 1.47 bits per heavy atom. The Morgan fingerprint density at radius 2 is 2.06 bits per heavy atom. The fourth-order valence-electron chi connectivity index (χ4n) is 0.972. The third kappa shape index (κ3) is 3.26. The molecule has 0 bridgehead atoms. The van der Waals surface area contributed by atoms with Gasteiger partial charge in [-0.15, -0.1) is 13.2 Å². The van der Waals surface area contributed by atoms with Crippen LogP contribution in [0.5, 0.6) is 5.88 Å². The zero-order valence-corrected chi connectivity index (χ0v) is 7.89. The van der Waals surface area contributed by atoms with Crippen LogP contribution in [0.1, 0.15) is 16.1 Å². The third-order valence-electron chi connectivity index (χ3n) is 1.58. The molecule has 0 atom stereocenters. The fraction of sp³-hybridized carbons (Fsp3) is 0.250. The number of pyridine rings is 1. The second-order valence-corrected chi connectivity index (χ2v) is 2.76. The lowest BCUT2D eigenvalue weighted by Crippen LogP contribution is -2.19. The molecule has 0 aromatic carbocycles. The van der Waals surface area contributed by atoms with Crippen LogP contribution in [0, 0.1) is 5.82 Å². The number of rotatable bonds is 3. The van der Waals surface area contributed by atoms with Crippen molar-refractivity contribution in [2.45, 2.75) is 13.0 Å². The number of hydrogen-bond acceptors (Lipinski definition) is 3. The van der Waals surface area contributed by atoms with Crippen LogP contribution >= 0.6 is 0 Å². The highest BCUT2D eigenvalue weighted by Crippen LogP contribution is 2.24. The van der Waals surface area contributed by atoms with E-state index in [1.165, 1.54) is 0 Å². The normalized spacial score (nSPS) is 11.4. The molecule has 1 N–H and O–H groups in total. The van der Waals surface area contributed by atoms with Gasteiger partial charge in [0.05, 0.1) is 0 Å². The van der Waals surface area contributed by atoms with Crippen molar-refractivity contribution in [1.82, 2.24) is 4.98 Å². The molecule has 1 aromatic rings. The van der Waals surface area contributed by atoms with Crippen molar-refractivity contribution in [3.63, 3.8) is 0 Å². The SMILES string of the molecule is O=C(O)c1cc(OC(F)(F)F)nc(CF)c1F. The molecule has 0 aliphatic heterocycles. The summed E-state index contributed by atoms with van der Waals surface area (Å²) in [6.45, 7) is -1.55. The van der Waals surface area contributed by atoms with Gasteiger partial charge in [-0.3, -0.25) is 0 Å². The highest BCUT2D eigenvalue weighted by Gasteiger charge is 2.33. The largest absolute Gasteiger partial charge is 0.574 e. The van der Waals surface area contributed by atoms with Crippen molar-refractivity contribution in [3.8, 4) is 5.88 Å². The highest BCUT2D eigenvalue weighted by atomic mass is 19.4. The first-order valence-electron chi connectivity index (χ1n) is 3.99. The van der Waals surface area contributed by atoms with Crippen LogP contribution in [-0.4, -0.2) is 22.4 Å². The van der Waals surface area contributed by atoms with E-state index in [0.717, 1.165) is 0 Å². The monoisotopic (exact) mass is 257 g/mol. The predicted octanol–water partition coefficient (Wildman–Crippen LogP) is 2.29. The molecule has 0 aliphatic carbocycles. The summed E-state index contributed by atoms with van der Waals surface area (Å²) in [5.74, 6) is -4.62. The van der Waals surface area contributed by atoms with Crippen LogP contribution < -0.4 is 4.74 Å². The Balaban J connectivity index is 3.25. The molecule has 1 rings (SSSR count). The van der Waals surface area contributed by atoms with Gasteiger partial charge in [-0.1, -0.05) is 0 Å². The number of aromatic carboxylic acids is 1. The summed E-state index contributed by atoms with van der Waals surface area (Å²) in [6.07, 6.45) is -5.13. The fourth-order valence-corrected chi connectivity index (χ4v) is 0.972. The van der Waals surface area contributed by atoms with E-state index < -0.39 is 42.0 Å². The Labute approximate surface area is 90.6 Å². The Hall–Kier alpha value is -1.93. The maximum atomic E-state index is 13.1. The first kappa shape index (κ1) is 13.1. The molecule has 9 heteroatoms. The zero-order chi connectivity index (χ0) is 13.2. The molecule has 1 heterocycles. The van der Waals surface area contributed by atoms with E-state index in [1.807, 2.05) is 0 Å². The lowest BCUT2D eigenvalue weighted by molar-refractivity contribution is -0.276. The molecule has 17 heavy (non-hydrogen) atoms. The van der Waals surface area contributed by atoms with Gasteiger partial charge >= 0.3 is 12.3 Å². The standard InChI is InChI=1S/C8H4F5NO3/c9-2-4-6(10)3(7(15)16)1-5(14-4)17-8(11,12)13/h1H,2H2,(H,15,16). The molecule has 0 saturated carbocycles. The number of nitrogens with zero attached hydrogens (tertiary/aromatic N) is 1. The Bertz CT molecular complexity index is 446. The molecule has 0 aliphatic rings. The number of carboxylic acids is 1. The summed E-state index contributed by atoms with van der Waals surface area (Å²) in [4.78, 5) is 13.3. The van der Waals surface area contributed by atoms with Crippen LogP contribution in [0.2, 0.25) is 0 Å². The molecular weight excluding hydrogens is 253 g/mol. The molecule has 1 aromatic heterocycles. The van der Waals surface area contributed by atoms with E-state index in [0.29, 0.717) is 0 Å². The van der Waals surface area contributed by atoms with Crippen molar-refractivity contribution in [2.75, 3.05) is 0 Å². The first-order valence-corrected chi connectivity index (χ1v) is 3.99. The molecule has 0 saturated heterocycles. The third-order valence-corrected chi connectivity index (χ3v) is 1.58. The van der Waals surface area contributed by atoms with E-state index in [1.54, 1.807) is 0 Å². The number of ether oxygens (including phenoxy) is 1. The minimum atomic E-state index is -5.13. The molecule has 0 amide bonds. The van der Waals surface area contributed by atoms with Gasteiger partial charge in [-0.2, -0.15) is 0 Å². The second-order valence-electron chi connectivity index (χ2n) is 2.76. The highest BCUT2D eigenvalue weighted by molar-refractivity contribution is 5.88. The minimum absolute atomic E-state index is 0.227. The number of carboxylic acid groups (broad SMARTS) is 1. The van der Waals surface area contributed by atoms with E-state index in [4.69, 9.17) is 5.11 Å². The second kappa shape index (κ2) is 4.52. The predicted molar refractivity (Wildman–Crippen MR) is 42.6 cm³/mol. The van der Waals surface area contributed by atoms with Crippen molar-refractivity contribution in [1.29, 1.82) is 0 Å². The molecule has 0 unspecified atom stereocenters. The Kier molecular flexibility index (Phi) is 3.49. The van der Waals surface area contributed by atoms with Crippen molar-refractivity contribution >= 4 is 5.97 Å². The number of aromatic nitrogens is 1. The van der Waals surface area contributed by atoms with Crippen LogP contribution in [0.25, 0.3) is 0 Å². The molecular formula is C8H4F5NO3. The van der Waals surface area contributed by atoms with E-state index in [9.17, 15) is 26.7 Å².